The minimum Gasteiger partial charge on any atom is -0.376 e. The number of pyridine rings is 2. The van der Waals surface area contributed by atoms with Crippen LogP contribution in [0, 0.1) is 0 Å². The van der Waals surface area contributed by atoms with E-state index in [1.54, 1.807) is 23.1 Å². The van der Waals surface area contributed by atoms with E-state index in [-0.39, 0.29) is 17.5 Å². The number of hydrogen-bond donors (Lipinski definition) is 2. The Morgan fingerprint density at radius 2 is 1.89 bits per heavy atom. The van der Waals surface area contributed by atoms with Gasteiger partial charge in [-0.15, -0.1) is 0 Å². The third kappa shape index (κ3) is 4.12. The summed E-state index contributed by atoms with van der Waals surface area (Å²) in [7, 11) is -2.04. The van der Waals surface area contributed by atoms with Crippen LogP contribution < -0.4 is 10.0 Å². The zero-order valence-corrected chi connectivity index (χ0v) is 21.4. The van der Waals surface area contributed by atoms with Gasteiger partial charge in [0.2, 0.25) is 10.0 Å². The average Bonchev–Trinajstić information content (AvgIpc) is 3.51. The standard InChI is InChI=1S/C26H29FN6O2S/c1-26(2,27)14-31-36(34,35)24-8-16-6-7-20(32-22-12-28-13-23-19(22)11-30-33(23)3)25(16)18-10-29-21(9-17(18)24)15-4-5-15/h8-13,15,20,31-32H,4-7,14H2,1-3H3. The summed E-state index contributed by atoms with van der Waals surface area (Å²) in [6.07, 6.45) is 10.9. The predicted octanol–water partition coefficient (Wildman–Crippen LogP) is 4.52. The molecule has 0 radical (unpaired) electrons. The zero-order valence-electron chi connectivity index (χ0n) is 20.5. The van der Waals surface area contributed by atoms with Crippen molar-refractivity contribution in [2.45, 2.75) is 62.1 Å². The van der Waals surface area contributed by atoms with Gasteiger partial charge in [0.15, 0.2) is 0 Å². The van der Waals surface area contributed by atoms with Crippen LogP contribution in [-0.4, -0.2) is 40.4 Å². The molecule has 8 nitrogen and oxygen atoms in total. The Kier molecular flexibility index (Phi) is 5.31. The highest BCUT2D eigenvalue weighted by molar-refractivity contribution is 7.89. The molecule has 2 N–H and O–H groups in total. The Bertz CT molecular complexity index is 1600. The van der Waals surface area contributed by atoms with Crippen molar-refractivity contribution in [1.82, 2.24) is 24.5 Å². The van der Waals surface area contributed by atoms with Gasteiger partial charge >= 0.3 is 0 Å². The van der Waals surface area contributed by atoms with Crippen LogP contribution >= 0.6 is 0 Å². The Hall–Kier alpha value is -3.11. The Balaban J connectivity index is 1.46. The van der Waals surface area contributed by atoms with Gasteiger partial charge in [-0.25, -0.2) is 17.5 Å². The van der Waals surface area contributed by atoms with Gasteiger partial charge in [0.05, 0.1) is 40.7 Å². The van der Waals surface area contributed by atoms with Crippen molar-refractivity contribution in [2.24, 2.45) is 7.05 Å². The number of aromatic nitrogens is 4. The van der Waals surface area contributed by atoms with Crippen LogP contribution in [0.25, 0.3) is 21.7 Å². The molecule has 3 heterocycles. The molecule has 2 aliphatic carbocycles. The number of alkyl halides is 1. The number of nitrogens with zero attached hydrogens (tertiary/aromatic N) is 4. The fourth-order valence-electron chi connectivity index (χ4n) is 5.11. The van der Waals surface area contributed by atoms with Gasteiger partial charge in [-0.1, -0.05) is 0 Å². The summed E-state index contributed by atoms with van der Waals surface area (Å²) in [5, 5.41) is 10.4. The first kappa shape index (κ1) is 23.3. The van der Waals surface area contributed by atoms with E-state index in [2.05, 4.69) is 20.1 Å². The molecule has 0 spiro atoms. The van der Waals surface area contributed by atoms with Crippen LogP contribution in [0.4, 0.5) is 10.1 Å². The van der Waals surface area contributed by atoms with Crippen LogP contribution in [0.2, 0.25) is 0 Å². The Morgan fingerprint density at radius 3 is 2.64 bits per heavy atom. The van der Waals surface area contributed by atoms with Crippen LogP contribution in [0.1, 0.15) is 61.9 Å². The average molecular weight is 509 g/mol. The summed E-state index contributed by atoms with van der Waals surface area (Å²) in [6.45, 7) is 2.43. The molecule has 1 unspecified atom stereocenters. The second kappa shape index (κ2) is 8.21. The largest absolute Gasteiger partial charge is 0.376 e. The van der Waals surface area contributed by atoms with Crippen LogP contribution in [0.3, 0.4) is 0 Å². The molecule has 0 aliphatic heterocycles. The summed E-state index contributed by atoms with van der Waals surface area (Å²) in [5.41, 5.74) is 3.10. The number of rotatable bonds is 7. The molecule has 0 amide bonds. The summed E-state index contributed by atoms with van der Waals surface area (Å²) in [5.74, 6) is 0.374. The van der Waals surface area contributed by atoms with E-state index in [0.717, 1.165) is 64.5 Å². The van der Waals surface area contributed by atoms with Crippen molar-refractivity contribution in [1.29, 1.82) is 0 Å². The third-order valence-electron chi connectivity index (χ3n) is 7.16. The molecular weight excluding hydrogens is 479 g/mol. The molecular formula is C26H29FN6O2S. The van der Waals surface area contributed by atoms with Crippen molar-refractivity contribution in [2.75, 3.05) is 11.9 Å². The summed E-state index contributed by atoms with van der Waals surface area (Å²) in [6, 6.07) is 3.66. The number of anilines is 1. The maximum absolute atomic E-state index is 14.2. The lowest BCUT2D eigenvalue weighted by Gasteiger charge is -2.20. The number of nitrogens with one attached hydrogen (secondary N) is 2. The van der Waals surface area contributed by atoms with Crippen LogP contribution in [-0.2, 0) is 23.5 Å². The van der Waals surface area contributed by atoms with Crippen LogP contribution in [0.5, 0.6) is 0 Å². The number of benzene rings is 1. The number of fused-ring (bicyclic) bond motifs is 4. The summed E-state index contributed by atoms with van der Waals surface area (Å²) >= 11 is 0. The first-order chi connectivity index (χ1) is 17.1. The molecule has 188 valence electrons. The monoisotopic (exact) mass is 508 g/mol. The van der Waals surface area contributed by atoms with Crippen molar-refractivity contribution in [3.05, 3.63) is 53.7 Å². The molecule has 0 saturated heterocycles. The van der Waals surface area contributed by atoms with E-state index < -0.39 is 15.7 Å². The SMILES string of the molecule is Cn1ncc2c(NC3CCc4cc(S(=O)(=O)NCC(C)(C)F)c5cc(C6CC6)ncc5c43)cncc21. The van der Waals surface area contributed by atoms with E-state index in [1.807, 2.05) is 25.5 Å². The van der Waals surface area contributed by atoms with E-state index >= 15 is 0 Å². The normalized spacial score (nSPS) is 18.2. The van der Waals surface area contributed by atoms with E-state index in [0.29, 0.717) is 11.3 Å². The predicted molar refractivity (Wildman–Crippen MR) is 137 cm³/mol. The smallest absolute Gasteiger partial charge is 0.241 e. The molecule has 3 aromatic heterocycles. The molecule has 1 atom stereocenters. The fraction of sp³-hybridized carbons (Fsp3) is 0.423. The van der Waals surface area contributed by atoms with Crippen LogP contribution in [0.15, 0.2) is 41.8 Å². The molecule has 0 bridgehead atoms. The minimum atomic E-state index is -3.93. The van der Waals surface area contributed by atoms with Gasteiger partial charge in [0.1, 0.15) is 5.67 Å². The van der Waals surface area contributed by atoms with Gasteiger partial charge < -0.3 is 5.32 Å². The highest BCUT2D eigenvalue weighted by Crippen LogP contribution is 2.44. The van der Waals surface area contributed by atoms with Crippen molar-refractivity contribution < 1.29 is 12.8 Å². The fourth-order valence-corrected chi connectivity index (χ4v) is 6.56. The topological polar surface area (TPSA) is 102 Å². The lowest BCUT2D eigenvalue weighted by Crippen LogP contribution is -2.35. The maximum atomic E-state index is 14.2. The first-order valence-corrected chi connectivity index (χ1v) is 13.8. The molecule has 1 aromatic carbocycles. The van der Waals surface area contributed by atoms with Gasteiger partial charge in [-0.3, -0.25) is 14.6 Å². The lowest BCUT2D eigenvalue weighted by molar-refractivity contribution is 0.221. The molecule has 36 heavy (non-hydrogen) atoms. The molecule has 4 aromatic rings. The number of halogens is 1. The van der Waals surface area contributed by atoms with E-state index in [1.165, 1.54) is 13.8 Å². The first-order valence-electron chi connectivity index (χ1n) is 12.3. The highest BCUT2D eigenvalue weighted by Gasteiger charge is 2.32. The second-order valence-electron chi connectivity index (χ2n) is 10.5. The van der Waals surface area contributed by atoms with Gasteiger partial charge in [0.25, 0.3) is 0 Å². The van der Waals surface area contributed by atoms with Crippen molar-refractivity contribution in [3.8, 4) is 0 Å². The number of aryl methyl sites for hydroxylation is 2. The van der Waals surface area contributed by atoms with Crippen molar-refractivity contribution >= 4 is 37.4 Å². The number of sulfonamides is 1. The lowest BCUT2D eigenvalue weighted by atomic mass is 9.99. The highest BCUT2D eigenvalue weighted by atomic mass is 32.2. The summed E-state index contributed by atoms with van der Waals surface area (Å²) < 4.78 is 45.2. The Labute approximate surface area is 209 Å². The second-order valence-corrected chi connectivity index (χ2v) is 12.3. The van der Waals surface area contributed by atoms with E-state index in [9.17, 15) is 12.8 Å². The van der Waals surface area contributed by atoms with Crippen molar-refractivity contribution in [3.63, 3.8) is 0 Å². The van der Waals surface area contributed by atoms with E-state index in [4.69, 9.17) is 4.98 Å². The zero-order chi connectivity index (χ0) is 25.2. The molecule has 10 heteroatoms. The van der Waals surface area contributed by atoms with Gasteiger partial charge in [-0.2, -0.15) is 5.10 Å². The maximum Gasteiger partial charge on any atom is 0.241 e. The molecule has 2 aliphatic rings. The third-order valence-corrected chi connectivity index (χ3v) is 8.60. The Morgan fingerprint density at radius 1 is 1.08 bits per heavy atom. The minimum absolute atomic E-state index is 0.0295. The number of hydrogen-bond acceptors (Lipinski definition) is 6. The molecule has 1 saturated carbocycles. The van der Waals surface area contributed by atoms with Gasteiger partial charge in [0, 0.05) is 47.6 Å². The molecule has 1 fully saturated rings. The quantitative estimate of drug-likeness (QED) is 0.381. The summed E-state index contributed by atoms with van der Waals surface area (Å²) in [4.78, 5) is 9.29. The molecule has 6 rings (SSSR count). The van der Waals surface area contributed by atoms with Gasteiger partial charge in [-0.05, 0) is 62.8 Å².